The van der Waals surface area contributed by atoms with Crippen molar-refractivity contribution in [3.8, 4) is 0 Å². The summed E-state index contributed by atoms with van der Waals surface area (Å²) in [4.78, 5) is 9.06. The van der Waals surface area contributed by atoms with Gasteiger partial charge in [-0.05, 0) is 25.5 Å². The molecule has 5 heteroatoms. The van der Waals surface area contributed by atoms with Crippen LogP contribution in [0.25, 0.3) is 21.9 Å². The molecule has 0 aliphatic heterocycles. The second-order valence-electron chi connectivity index (χ2n) is 4.89. The van der Waals surface area contributed by atoms with Crippen molar-refractivity contribution in [2.24, 2.45) is 11.5 Å². The molecule has 5 nitrogen and oxygen atoms in total. The van der Waals surface area contributed by atoms with Gasteiger partial charge in [-0.2, -0.15) is 0 Å². The Labute approximate surface area is 117 Å². The lowest BCUT2D eigenvalue weighted by molar-refractivity contribution is 0.603. The second-order valence-corrected chi connectivity index (χ2v) is 4.89. The van der Waals surface area contributed by atoms with E-state index in [1.54, 1.807) is 0 Å². The Morgan fingerprint density at radius 2 is 1.90 bits per heavy atom. The predicted octanol–water partition coefficient (Wildman–Crippen LogP) is 1.78. The van der Waals surface area contributed by atoms with Crippen LogP contribution >= 0.6 is 0 Å². The Kier molecular flexibility index (Phi) is 3.62. The summed E-state index contributed by atoms with van der Waals surface area (Å²) in [5.41, 5.74) is 14.5. The van der Waals surface area contributed by atoms with E-state index in [1.165, 1.54) is 0 Å². The normalized spacial score (nSPS) is 11.5. The van der Waals surface area contributed by atoms with Crippen LogP contribution in [0.2, 0.25) is 0 Å². The predicted molar refractivity (Wildman–Crippen MR) is 81.2 cm³/mol. The summed E-state index contributed by atoms with van der Waals surface area (Å²) >= 11 is 0. The monoisotopic (exact) mass is 269 g/mol. The Balaban J connectivity index is 2.20. The van der Waals surface area contributed by atoms with Crippen LogP contribution in [0.1, 0.15) is 18.7 Å². The van der Waals surface area contributed by atoms with Crippen LogP contribution in [0.5, 0.6) is 0 Å². The molecule has 0 radical (unpaired) electrons. The van der Waals surface area contributed by atoms with Crippen molar-refractivity contribution in [1.29, 1.82) is 0 Å². The first-order valence-corrected chi connectivity index (χ1v) is 6.98. The van der Waals surface area contributed by atoms with Gasteiger partial charge in [0.05, 0.1) is 23.8 Å². The van der Waals surface area contributed by atoms with Gasteiger partial charge in [0.15, 0.2) is 0 Å². The lowest BCUT2D eigenvalue weighted by atomic mass is 10.2. The third-order valence-corrected chi connectivity index (χ3v) is 3.58. The molecule has 0 amide bonds. The highest BCUT2D eigenvalue weighted by atomic mass is 15.1. The summed E-state index contributed by atoms with van der Waals surface area (Å²) in [5.74, 6) is 0.912. The molecule has 0 saturated heterocycles. The van der Waals surface area contributed by atoms with Crippen molar-refractivity contribution in [2.45, 2.75) is 25.9 Å². The standard InChI is InChI=1S/C15H19N5/c16-7-3-4-8-20-14(9-17)19-13-10-18-12-6-2-1-5-11(12)15(13)20/h1-2,5-6,10H,3-4,7-9,16-17H2. The minimum atomic E-state index is 0.436. The first-order chi connectivity index (χ1) is 9.85. The zero-order valence-corrected chi connectivity index (χ0v) is 11.4. The second kappa shape index (κ2) is 5.56. The zero-order chi connectivity index (χ0) is 13.9. The first-order valence-electron chi connectivity index (χ1n) is 6.98. The largest absolute Gasteiger partial charge is 0.330 e. The average molecular weight is 269 g/mol. The fraction of sp³-hybridized carbons (Fsp3) is 0.333. The maximum absolute atomic E-state index is 5.83. The molecule has 104 valence electrons. The van der Waals surface area contributed by atoms with Gasteiger partial charge >= 0.3 is 0 Å². The van der Waals surface area contributed by atoms with Gasteiger partial charge in [0.2, 0.25) is 0 Å². The lowest BCUT2D eigenvalue weighted by Gasteiger charge is -2.09. The van der Waals surface area contributed by atoms with Gasteiger partial charge in [-0.1, -0.05) is 18.2 Å². The molecule has 0 saturated carbocycles. The summed E-state index contributed by atoms with van der Waals surface area (Å²) in [6.45, 7) is 2.05. The SMILES string of the molecule is NCCCCn1c(CN)nc2cnc3ccccc3c21. The molecule has 1 aromatic carbocycles. The highest BCUT2D eigenvalue weighted by Crippen LogP contribution is 2.24. The van der Waals surface area contributed by atoms with Crippen molar-refractivity contribution in [3.05, 3.63) is 36.3 Å². The molecule has 0 aliphatic carbocycles. The van der Waals surface area contributed by atoms with E-state index in [4.69, 9.17) is 11.5 Å². The number of benzene rings is 1. The van der Waals surface area contributed by atoms with E-state index in [9.17, 15) is 0 Å². The summed E-state index contributed by atoms with van der Waals surface area (Å²) in [5, 5.41) is 1.13. The van der Waals surface area contributed by atoms with E-state index in [0.29, 0.717) is 13.1 Å². The Morgan fingerprint density at radius 1 is 1.05 bits per heavy atom. The molecular weight excluding hydrogens is 250 g/mol. The zero-order valence-electron chi connectivity index (χ0n) is 11.4. The first kappa shape index (κ1) is 13.0. The lowest BCUT2D eigenvalue weighted by Crippen LogP contribution is -2.10. The van der Waals surface area contributed by atoms with Crippen LogP contribution < -0.4 is 11.5 Å². The molecule has 2 heterocycles. The number of nitrogens with zero attached hydrogens (tertiary/aromatic N) is 3. The summed E-state index contributed by atoms with van der Waals surface area (Å²) in [7, 11) is 0. The van der Waals surface area contributed by atoms with Crippen molar-refractivity contribution in [2.75, 3.05) is 6.54 Å². The van der Waals surface area contributed by atoms with Gasteiger partial charge in [0, 0.05) is 11.9 Å². The number of imidazole rings is 1. The smallest absolute Gasteiger partial charge is 0.123 e. The molecule has 2 aromatic heterocycles. The Bertz CT molecular complexity index is 732. The van der Waals surface area contributed by atoms with Gasteiger partial charge in [-0.3, -0.25) is 4.98 Å². The number of fused-ring (bicyclic) bond motifs is 3. The number of para-hydroxylation sites is 1. The van der Waals surface area contributed by atoms with E-state index in [0.717, 1.165) is 47.1 Å². The van der Waals surface area contributed by atoms with Crippen LogP contribution in [0.4, 0.5) is 0 Å². The number of unbranched alkanes of at least 4 members (excludes halogenated alkanes) is 1. The molecule has 0 bridgehead atoms. The topological polar surface area (TPSA) is 82.8 Å². The summed E-state index contributed by atoms with van der Waals surface area (Å²) in [6.07, 6.45) is 3.87. The van der Waals surface area contributed by atoms with E-state index in [-0.39, 0.29) is 0 Å². The number of pyridine rings is 1. The number of aryl methyl sites for hydroxylation is 1. The van der Waals surface area contributed by atoms with Crippen LogP contribution in [-0.4, -0.2) is 21.1 Å². The quantitative estimate of drug-likeness (QED) is 0.692. The van der Waals surface area contributed by atoms with Crippen LogP contribution in [0.15, 0.2) is 30.5 Å². The Hall–Kier alpha value is -1.98. The molecule has 20 heavy (non-hydrogen) atoms. The third-order valence-electron chi connectivity index (χ3n) is 3.58. The Morgan fingerprint density at radius 3 is 2.70 bits per heavy atom. The molecule has 3 aromatic rings. The van der Waals surface area contributed by atoms with Crippen LogP contribution in [0, 0.1) is 0 Å². The van der Waals surface area contributed by atoms with Gasteiger partial charge < -0.3 is 16.0 Å². The number of nitrogens with two attached hydrogens (primary N) is 2. The van der Waals surface area contributed by atoms with Gasteiger partial charge in [0.25, 0.3) is 0 Å². The van der Waals surface area contributed by atoms with Crippen molar-refractivity contribution in [1.82, 2.24) is 14.5 Å². The van der Waals surface area contributed by atoms with E-state index in [2.05, 4.69) is 20.6 Å². The maximum Gasteiger partial charge on any atom is 0.123 e. The van der Waals surface area contributed by atoms with Gasteiger partial charge in [-0.25, -0.2) is 4.98 Å². The number of hydrogen-bond acceptors (Lipinski definition) is 4. The van der Waals surface area contributed by atoms with E-state index >= 15 is 0 Å². The maximum atomic E-state index is 5.83. The van der Waals surface area contributed by atoms with Crippen molar-refractivity contribution < 1.29 is 0 Å². The number of hydrogen-bond donors (Lipinski definition) is 2. The number of rotatable bonds is 5. The molecular formula is C15H19N5. The third kappa shape index (κ3) is 2.15. The minimum absolute atomic E-state index is 0.436. The van der Waals surface area contributed by atoms with E-state index in [1.807, 2.05) is 24.4 Å². The van der Waals surface area contributed by atoms with Crippen molar-refractivity contribution in [3.63, 3.8) is 0 Å². The molecule has 0 unspecified atom stereocenters. The minimum Gasteiger partial charge on any atom is -0.330 e. The molecule has 0 aliphatic rings. The molecule has 0 atom stereocenters. The fourth-order valence-electron chi connectivity index (χ4n) is 2.62. The summed E-state index contributed by atoms with van der Waals surface area (Å²) in [6, 6.07) is 8.14. The number of aromatic nitrogens is 3. The molecule has 3 rings (SSSR count). The van der Waals surface area contributed by atoms with Crippen molar-refractivity contribution >= 4 is 21.9 Å². The molecule has 4 N–H and O–H groups in total. The molecule has 0 spiro atoms. The average Bonchev–Trinajstić information content (AvgIpc) is 2.86. The van der Waals surface area contributed by atoms with Gasteiger partial charge in [-0.15, -0.1) is 0 Å². The van der Waals surface area contributed by atoms with Crippen LogP contribution in [0.3, 0.4) is 0 Å². The molecule has 0 fully saturated rings. The highest BCUT2D eigenvalue weighted by Gasteiger charge is 2.12. The van der Waals surface area contributed by atoms with Gasteiger partial charge in [0.1, 0.15) is 11.3 Å². The summed E-state index contributed by atoms with van der Waals surface area (Å²) < 4.78 is 2.22. The highest BCUT2D eigenvalue weighted by molar-refractivity contribution is 6.02. The van der Waals surface area contributed by atoms with Crippen LogP contribution in [-0.2, 0) is 13.1 Å². The fourth-order valence-corrected chi connectivity index (χ4v) is 2.62. The van der Waals surface area contributed by atoms with E-state index < -0.39 is 0 Å².